The summed E-state index contributed by atoms with van der Waals surface area (Å²) in [5.41, 5.74) is 6.89. The summed E-state index contributed by atoms with van der Waals surface area (Å²) in [5, 5.41) is 6.60. The molecule has 9 nitrogen and oxygen atoms in total. The van der Waals surface area contributed by atoms with E-state index in [1.807, 2.05) is 4.90 Å². The predicted molar refractivity (Wildman–Crippen MR) is 175 cm³/mol. The molecule has 15 heteroatoms. The van der Waals surface area contributed by atoms with Crippen LogP contribution in [-0.4, -0.2) is 51.8 Å². The molecule has 1 aromatic carbocycles. The van der Waals surface area contributed by atoms with Gasteiger partial charge >= 0.3 is 6.18 Å². The summed E-state index contributed by atoms with van der Waals surface area (Å²) >= 11 is 13.4. The molecular weight excluding hydrogens is 661 g/mol. The lowest BCUT2D eigenvalue weighted by molar-refractivity contribution is -0.184. The van der Waals surface area contributed by atoms with Crippen molar-refractivity contribution in [1.82, 2.24) is 19.9 Å². The van der Waals surface area contributed by atoms with E-state index in [9.17, 15) is 27.2 Å². The Morgan fingerprint density at radius 2 is 1.68 bits per heavy atom. The molecule has 256 valence electrons. The van der Waals surface area contributed by atoms with Crippen molar-refractivity contribution in [1.29, 1.82) is 0 Å². The van der Waals surface area contributed by atoms with Gasteiger partial charge in [0.2, 0.25) is 11.9 Å². The van der Waals surface area contributed by atoms with Crippen molar-refractivity contribution < 1.29 is 27.2 Å². The van der Waals surface area contributed by atoms with E-state index in [1.165, 1.54) is 6.07 Å². The number of rotatable bonds is 8. The van der Waals surface area contributed by atoms with Crippen LogP contribution >= 0.6 is 23.2 Å². The molecule has 0 spiro atoms. The lowest BCUT2D eigenvalue weighted by Crippen LogP contribution is -2.36. The number of hydrogen-bond donors (Lipinski definition) is 3. The minimum Gasteiger partial charge on any atom is -0.365 e. The van der Waals surface area contributed by atoms with Crippen LogP contribution in [0, 0.1) is 17.3 Å². The third-order valence-corrected chi connectivity index (χ3v) is 9.72. The van der Waals surface area contributed by atoms with Crippen LogP contribution in [0.25, 0.3) is 11.2 Å². The molecule has 5 rings (SSSR count). The Bertz CT molecular complexity index is 1640. The van der Waals surface area contributed by atoms with Crippen molar-refractivity contribution in [2.45, 2.75) is 84.7 Å². The Hall–Kier alpha value is -3.32. The quantitative estimate of drug-likeness (QED) is 0.209. The van der Waals surface area contributed by atoms with Crippen molar-refractivity contribution in [3.8, 4) is 0 Å². The summed E-state index contributed by atoms with van der Waals surface area (Å²) < 4.78 is 56.0. The third kappa shape index (κ3) is 7.88. The van der Waals surface area contributed by atoms with Gasteiger partial charge in [0.15, 0.2) is 5.65 Å². The lowest BCUT2D eigenvalue weighted by Gasteiger charge is -2.31. The van der Waals surface area contributed by atoms with Gasteiger partial charge in [-0.3, -0.25) is 14.2 Å². The van der Waals surface area contributed by atoms with E-state index in [-0.39, 0.29) is 72.2 Å². The van der Waals surface area contributed by atoms with Crippen LogP contribution in [0.3, 0.4) is 0 Å². The molecule has 0 bridgehead atoms. The zero-order valence-electron chi connectivity index (χ0n) is 26.5. The minimum atomic E-state index is -4.24. The molecular formula is C32H39Cl2F4N7O2. The van der Waals surface area contributed by atoms with Gasteiger partial charge in [-0.25, -0.2) is 14.4 Å². The summed E-state index contributed by atoms with van der Waals surface area (Å²) in [4.78, 5) is 36.4. The number of carbonyl (C=O) groups is 2. The lowest BCUT2D eigenvalue weighted by atomic mass is 9.81. The maximum atomic E-state index is 14.0. The molecule has 1 aliphatic heterocycles. The highest BCUT2D eigenvalue weighted by Crippen LogP contribution is 2.42. The van der Waals surface area contributed by atoms with Crippen LogP contribution in [0.15, 0.2) is 18.2 Å². The number of pyridine rings is 1. The van der Waals surface area contributed by atoms with E-state index in [1.54, 1.807) is 37.5 Å². The van der Waals surface area contributed by atoms with E-state index in [2.05, 4.69) is 10.6 Å². The fourth-order valence-corrected chi connectivity index (χ4v) is 6.65. The van der Waals surface area contributed by atoms with Crippen LogP contribution in [0.2, 0.25) is 10.0 Å². The highest BCUT2D eigenvalue weighted by Gasteiger charge is 2.41. The molecule has 3 aromatic rings. The SMILES string of the molecule is CC(C)(C)C(=O)NCc1ccc(Cl)c(Nc2nc3cc(C(N)=O)c(N4CCC(F)CC4)nc3n2C[C@H]2CC[C@H](C(F)(F)F)CC2)c1Cl. The Kier molecular flexibility index (Phi) is 10.2. The number of halogens is 6. The first-order chi connectivity index (χ1) is 22.0. The molecule has 2 fully saturated rings. The molecule has 1 saturated heterocycles. The summed E-state index contributed by atoms with van der Waals surface area (Å²) in [7, 11) is 0. The standard InChI is InChI=1S/C32H39Cl2F4N7O2/c1-31(2,3)29(47)40-15-18-6-9-22(33)25(24(18)34)42-30-41-23-14-21(26(39)46)27(44-12-10-20(35)11-13-44)43-28(23)45(30)16-17-4-7-19(8-5-17)32(36,37)38/h6,9,14,17,19-20H,4-5,7-8,10-13,15-16H2,1-3H3,(H2,39,46)(H,40,47)(H,41,42)/t17-,19-. The van der Waals surface area contributed by atoms with Crippen molar-refractivity contribution in [3.05, 3.63) is 39.4 Å². The van der Waals surface area contributed by atoms with Crippen LogP contribution < -0.4 is 21.3 Å². The average molecular weight is 701 g/mol. The fourth-order valence-electron chi connectivity index (χ4n) is 6.12. The number of benzene rings is 1. The first-order valence-corrected chi connectivity index (χ1v) is 16.5. The number of amides is 2. The maximum absolute atomic E-state index is 14.0. The van der Waals surface area contributed by atoms with Gasteiger partial charge in [0.05, 0.1) is 27.2 Å². The largest absolute Gasteiger partial charge is 0.391 e. The van der Waals surface area contributed by atoms with E-state index < -0.39 is 29.6 Å². The molecule has 2 aromatic heterocycles. The zero-order chi connectivity index (χ0) is 34.3. The number of carbonyl (C=O) groups excluding carboxylic acids is 2. The van der Waals surface area contributed by atoms with Crippen molar-refractivity contribution >= 4 is 63.6 Å². The first kappa shape index (κ1) is 35.0. The van der Waals surface area contributed by atoms with Crippen LogP contribution in [0.4, 0.5) is 35.0 Å². The Labute approximate surface area is 280 Å². The maximum Gasteiger partial charge on any atom is 0.391 e. The average Bonchev–Trinajstić information content (AvgIpc) is 3.33. The predicted octanol–water partition coefficient (Wildman–Crippen LogP) is 7.55. The van der Waals surface area contributed by atoms with Gasteiger partial charge in [-0.1, -0.05) is 50.0 Å². The van der Waals surface area contributed by atoms with Crippen LogP contribution in [0.5, 0.6) is 0 Å². The normalized spacial score (nSPS) is 19.6. The Morgan fingerprint density at radius 1 is 1.02 bits per heavy atom. The summed E-state index contributed by atoms with van der Waals surface area (Å²) in [6, 6.07) is 4.87. The van der Waals surface area contributed by atoms with Crippen molar-refractivity contribution in [2.24, 2.45) is 23.0 Å². The zero-order valence-corrected chi connectivity index (χ0v) is 28.0. The molecule has 2 amide bonds. The molecule has 0 atom stereocenters. The van der Waals surface area contributed by atoms with Crippen molar-refractivity contribution in [2.75, 3.05) is 23.3 Å². The highest BCUT2D eigenvalue weighted by atomic mass is 35.5. The van der Waals surface area contributed by atoms with Crippen LogP contribution in [-0.2, 0) is 17.9 Å². The van der Waals surface area contributed by atoms with E-state index in [0.717, 1.165) is 0 Å². The fraction of sp³-hybridized carbons (Fsp3) is 0.562. The van der Waals surface area contributed by atoms with Gasteiger partial charge in [-0.15, -0.1) is 0 Å². The molecule has 4 N–H and O–H groups in total. The summed E-state index contributed by atoms with van der Waals surface area (Å²) in [6.07, 6.45) is -3.90. The number of hydrogen-bond acceptors (Lipinski definition) is 6. The van der Waals surface area contributed by atoms with Crippen molar-refractivity contribution in [3.63, 3.8) is 0 Å². The number of primary amides is 1. The number of piperidine rings is 1. The second kappa shape index (κ2) is 13.7. The van der Waals surface area contributed by atoms with Gasteiger partial charge < -0.3 is 21.3 Å². The number of fused-ring (bicyclic) bond motifs is 1. The van der Waals surface area contributed by atoms with Gasteiger partial charge in [-0.2, -0.15) is 13.2 Å². The number of imidazole rings is 1. The van der Waals surface area contributed by atoms with Gasteiger partial charge in [-0.05, 0) is 62.1 Å². The number of aromatic nitrogens is 3. The van der Waals surface area contributed by atoms with E-state index in [4.69, 9.17) is 38.9 Å². The third-order valence-electron chi connectivity index (χ3n) is 8.97. The first-order valence-electron chi connectivity index (χ1n) is 15.7. The monoisotopic (exact) mass is 699 g/mol. The van der Waals surface area contributed by atoms with Crippen LogP contribution in [0.1, 0.15) is 75.2 Å². The van der Waals surface area contributed by atoms with Gasteiger partial charge in [0.25, 0.3) is 5.91 Å². The molecule has 47 heavy (non-hydrogen) atoms. The number of nitrogens with one attached hydrogen (secondary N) is 2. The smallest absolute Gasteiger partial charge is 0.365 e. The molecule has 2 aliphatic rings. The van der Waals surface area contributed by atoms with Gasteiger partial charge in [0, 0.05) is 31.6 Å². The molecule has 1 saturated carbocycles. The summed E-state index contributed by atoms with van der Waals surface area (Å²) in [5.74, 6) is -1.76. The second-order valence-electron chi connectivity index (χ2n) is 13.5. The van der Waals surface area contributed by atoms with Gasteiger partial charge in [0.1, 0.15) is 17.5 Å². The minimum absolute atomic E-state index is 0.0201. The topological polar surface area (TPSA) is 118 Å². The van der Waals surface area contributed by atoms with E-state index in [0.29, 0.717) is 54.2 Å². The number of anilines is 3. The number of nitrogens with zero attached hydrogens (tertiary/aromatic N) is 4. The molecule has 0 radical (unpaired) electrons. The molecule has 0 unspecified atom stereocenters. The number of alkyl halides is 4. The molecule has 1 aliphatic carbocycles. The second-order valence-corrected chi connectivity index (χ2v) is 14.3. The highest BCUT2D eigenvalue weighted by molar-refractivity contribution is 6.39. The Balaban J connectivity index is 1.54. The number of nitrogens with two attached hydrogens (primary N) is 1. The summed E-state index contributed by atoms with van der Waals surface area (Å²) in [6.45, 7) is 6.49. The Morgan fingerprint density at radius 3 is 2.28 bits per heavy atom. The van der Waals surface area contributed by atoms with E-state index >= 15 is 0 Å². The molecule has 3 heterocycles.